The van der Waals surface area contributed by atoms with Gasteiger partial charge in [0.15, 0.2) is 0 Å². The Bertz CT molecular complexity index is 615. The maximum absolute atomic E-state index is 9.41. The van der Waals surface area contributed by atoms with Crippen molar-refractivity contribution in [1.29, 1.82) is 0 Å². The molecule has 5 nitrogen and oxygen atoms in total. The zero-order chi connectivity index (χ0) is 15.6. The van der Waals surface area contributed by atoms with Gasteiger partial charge in [-0.1, -0.05) is 37.7 Å². The normalized spacial score (nSPS) is 16.7. The number of aromatic nitrogens is 2. The van der Waals surface area contributed by atoms with Gasteiger partial charge in [0.2, 0.25) is 5.89 Å². The van der Waals surface area contributed by atoms with Crippen molar-refractivity contribution in [2.45, 2.75) is 25.0 Å². The van der Waals surface area contributed by atoms with Crippen LogP contribution in [-0.2, 0) is 4.74 Å². The van der Waals surface area contributed by atoms with Gasteiger partial charge in [-0.3, -0.25) is 0 Å². The Morgan fingerprint density at radius 2 is 1.95 bits per heavy atom. The molecule has 0 bridgehead atoms. The van der Waals surface area contributed by atoms with E-state index in [9.17, 15) is 5.11 Å². The minimum absolute atomic E-state index is 0.123. The fraction of sp³-hybridized carbons (Fsp3) is 0.500. The summed E-state index contributed by atoms with van der Waals surface area (Å²) in [6.45, 7) is 5.63. The molecule has 1 aliphatic heterocycles. The monoisotopic (exact) mass is 320 g/mol. The van der Waals surface area contributed by atoms with Crippen molar-refractivity contribution >= 4 is 11.8 Å². The van der Waals surface area contributed by atoms with Crippen LogP contribution in [0.1, 0.15) is 25.3 Å². The van der Waals surface area contributed by atoms with Crippen LogP contribution in [0.3, 0.4) is 0 Å². The number of ether oxygens (including phenoxy) is 1. The molecule has 1 aliphatic rings. The molecule has 118 valence electrons. The quantitative estimate of drug-likeness (QED) is 0.825. The van der Waals surface area contributed by atoms with E-state index in [1.54, 1.807) is 0 Å². The highest BCUT2D eigenvalue weighted by atomic mass is 32.2. The van der Waals surface area contributed by atoms with Crippen molar-refractivity contribution in [3.05, 3.63) is 29.8 Å². The number of hydrogen-bond acceptors (Lipinski definition) is 6. The molecular weight excluding hydrogens is 300 g/mol. The molecule has 3 rings (SSSR count). The third-order valence-corrected chi connectivity index (χ3v) is 5.05. The molecule has 0 amide bonds. The van der Waals surface area contributed by atoms with Gasteiger partial charge < -0.3 is 14.3 Å². The summed E-state index contributed by atoms with van der Waals surface area (Å²) in [7, 11) is 0. The zero-order valence-electron chi connectivity index (χ0n) is 12.8. The van der Waals surface area contributed by atoms with Crippen molar-refractivity contribution in [2.24, 2.45) is 5.41 Å². The van der Waals surface area contributed by atoms with E-state index >= 15 is 0 Å². The largest absolute Gasteiger partial charge is 0.411 e. The predicted molar refractivity (Wildman–Crippen MR) is 84.9 cm³/mol. The van der Waals surface area contributed by atoms with Gasteiger partial charge in [-0.05, 0) is 23.6 Å². The van der Waals surface area contributed by atoms with E-state index < -0.39 is 0 Å². The second-order valence-corrected chi connectivity index (χ2v) is 7.02. The van der Waals surface area contributed by atoms with Gasteiger partial charge >= 0.3 is 0 Å². The highest BCUT2D eigenvalue weighted by molar-refractivity contribution is 7.99. The summed E-state index contributed by atoms with van der Waals surface area (Å²) in [6, 6.07) is 8.19. The van der Waals surface area contributed by atoms with Crippen molar-refractivity contribution < 1.29 is 14.3 Å². The molecule has 0 spiro atoms. The Morgan fingerprint density at radius 1 is 1.23 bits per heavy atom. The van der Waals surface area contributed by atoms with E-state index in [0.29, 0.717) is 30.2 Å². The lowest BCUT2D eigenvalue weighted by Crippen LogP contribution is -2.47. The molecule has 6 heteroatoms. The van der Waals surface area contributed by atoms with E-state index in [1.165, 1.54) is 17.3 Å². The topological polar surface area (TPSA) is 68.4 Å². The Labute approximate surface area is 134 Å². The van der Waals surface area contributed by atoms with Crippen LogP contribution in [-0.4, -0.2) is 40.9 Å². The van der Waals surface area contributed by atoms with Crippen LogP contribution in [0.2, 0.25) is 0 Å². The fourth-order valence-corrected chi connectivity index (χ4v) is 3.15. The second-order valence-electron chi connectivity index (χ2n) is 6.09. The molecule has 1 fully saturated rings. The van der Waals surface area contributed by atoms with E-state index in [1.807, 2.05) is 12.1 Å². The Morgan fingerprint density at radius 3 is 2.50 bits per heavy atom. The first-order valence-electron chi connectivity index (χ1n) is 7.37. The van der Waals surface area contributed by atoms with Crippen molar-refractivity contribution in [3.8, 4) is 11.5 Å². The van der Waals surface area contributed by atoms with Crippen LogP contribution < -0.4 is 0 Å². The van der Waals surface area contributed by atoms with E-state index in [-0.39, 0.29) is 12.0 Å². The standard InChI is InChI=1S/C16H20N2O3S/c1-11(2)12-3-5-13(6-4-12)14-17-18-15(21-14)22-10-16(7-19)8-20-9-16/h3-6,11,19H,7-10H2,1-2H3. The number of aliphatic hydroxyl groups excluding tert-OH is 1. The molecule has 1 N–H and O–H groups in total. The average Bonchev–Trinajstić information content (AvgIpc) is 2.96. The molecule has 2 heterocycles. The van der Waals surface area contributed by atoms with Crippen molar-refractivity contribution in [2.75, 3.05) is 25.6 Å². The maximum Gasteiger partial charge on any atom is 0.276 e. The molecule has 0 unspecified atom stereocenters. The number of thioether (sulfide) groups is 1. The van der Waals surface area contributed by atoms with Gasteiger partial charge in [-0.25, -0.2) is 0 Å². The zero-order valence-corrected chi connectivity index (χ0v) is 13.6. The molecule has 0 saturated carbocycles. The third kappa shape index (κ3) is 3.19. The van der Waals surface area contributed by atoms with Gasteiger partial charge in [0.1, 0.15) is 0 Å². The van der Waals surface area contributed by atoms with Crippen LogP contribution in [0.25, 0.3) is 11.5 Å². The summed E-state index contributed by atoms with van der Waals surface area (Å²) >= 11 is 1.47. The minimum Gasteiger partial charge on any atom is -0.411 e. The number of nitrogens with zero attached hydrogens (tertiary/aromatic N) is 2. The highest BCUT2D eigenvalue weighted by Crippen LogP contribution is 2.34. The Hall–Kier alpha value is -1.37. The molecule has 0 radical (unpaired) electrons. The lowest BCUT2D eigenvalue weighted by molar-refractivity contribution is -0.121. The molecule has 22 heavy (non-hydrogen) atoms. The summed E-state index contributed by atoms with van der Waals surface area (Å²) in [4.78, 5) is 0. The molecule has 1 saturated heterocycles. The van der Waals surface area contributed by atoms with Crippen LogP contribution in [0.15, 0.2) is 33.9 Å². The Balaban J connectivity index is 1.65. The Kier molecular flexibility index (Phi) is 4.52. The number of aliphatic hydroxyl groups is 1. The summed E-state index contributed by atoms with van der Waals surface area (Å²) in [5.41, 5.74) is 2.05. The lowest BCUT2D eigenvalue weighted by atomic mass is 9.90. The van der Waals surface area contributed by atoms with Crippen molar-refractivity contribution in [1.82, 2.24) is 10.2 Å². The van der Waals surface area contributed by atoms with E-state index in [0.717, 1.165) is 11.3 Å². The van der Waals surface area contributed by atoms with Gasteiger partial charge in [0.25, 0.3) is 5.22 Å². The van der Waals surface area contributed by atoms with Crippen LogP contribution in [0, 0.1) is 5.41 Å². The summed E-state index contributed by atoms with van der Waals surface area (Å²) in [5, 5.41) is 18.1. The summed E-state index contributed by atoms with van der Waals surface area (Å²) < 4.78 is 10.9. The maximum atomic E-state index is 9.41. The molecular formula is C16H20N2O3S. The molecule has 1 aromatic carbocycles. The van der Waals surface area contributed by atoms with Gasteiger partial charge in [-0.2, -0.15) is 0 Å². The number of hydrogen-bond donors (Lipinski definition) is 1. The molecule has 0 atom stereocenters. The SMILES string of the molecule is CC(C)c1ccc(-c2nnc(SCC3(CO)COC3)o2)cc1. The smallest absolute Gasteiger partial charge is 0.276 e. The first kappa shape index (κ1) is 15.5. The van der Waals surface area contributed by atoms with E-state index in [4.69, 9.17) is 9.15 Å². The first-order valence-corrected chi connectivity index (χ1v) is 8.36. The molecule has 1 aromatic heterocycles. The second kappa shape index (κ2) is 6.40. The summed E-state index contributed by atoms with van der Waals surface area (Å²) in [6.07, 6.45) is 0. The first-order chi connectivity index (χ1) is 10.6. The van der Waals surface area contributed by atoms with E-state index in [2.05, 4.69) is 36.2 Å². The number of benzene rings is 1. The summed E-state index contributed by atoms with van der Waals surface area (Å²) in [5.74, 6) is 1.75. The van der Waals surface area contributed by atoms with Crippen LogP contribution >= 0.6 is 11.8 Å². The van der Waals surface area contributed by atoms with Crippen LogP contribution in [0.5, 0.6) is 0 Å². The molecule has 0 aliphatic carbocycles. The lowest BCUT2D eigenvalue weighted by Gasteiger charge is -2.39. The highest BCUT2D eigenvalue weighted by Gasteiger charge is 2.38. The van der Waals surface area contributed by atoms with Gasteiger partial charge in [0, 0.05) is 16.7 Å². The third-order valence-electron chi connectivity index (χ3n) is 3.88. The average molecular weight is 320 g/mol. The molecule has 2 aromatic rings. The fourth-order valence-electron chi connectivity index (χ4n) is 2.22. The van der Waals surface area contributed by atoms with Gasteiger partial charge in [-0.15, -0.1) is 10.2 Å². The number of rotatable bonds is 6. The predicted octanol–water partition coefficient (Wildman–Crippen LogP) is 2.96. The van der Waals surface area contributed by atoms with Gasteiger partial charge in [0.05, 0.1) is 19.8 Å². The minimum atomic E-state index is -0.155. The van der Waals surface area contributed by atoms with Crippen molar-refractivity contribution in [3.63, 3.8) is 0 Å². The van der Waals surface area contributed by atoms with Crippen LogP contribution in [0.4, 0.5) is 0 Å².